The van der Waals surface area contributed by atoms with Crippen molar-refractivity contribution in [2.24, 2.45) is 0 Å². The molecule has 4 aromatic carbocycles. The van der Waals surface area contributed by atoms with Crippen molar-refractivity contribution >= 4 is 41.4 Å². The van der Waals surface area contributed by atoms with Crippen molar-refractivity contribution < 1.29 is 63.8 Å². The molecule has 4 aromatic rings. The Labute approximate surface area is 447 Å². The van der Waals surface area contributed by atoms with Gasteiger partial charge in [0.2, 0.25) is 35.4 Å². The van der Waals surface area contributed by atoms with E-state index in [2.05, 4.69) is 33.5 Å². The Balaban J connectivity index is 1.11. The zero-order chi connectivity index (χ0) is 55.3. The average Bonchev–Trinajstić information content (AvgIpc) is 4.06. The van der Waals surface area contributed by atoms with Crippen molar-refractivity contribution in [3.63, 3.8) is 0 Å². The summed E-state index contributed by atoms with van der Waals surface area (Å²) in [4.78, 5) is 101. The molecule has 3 fully saturated rings. The number of aryl methyl sites for hydroxylation is 1. The van der Waals surface area contributed by atoms with Crippen LogP contribution in [0.1, 0.15) is 88.1 Å². The summed E-state index contributed by atoms with van der Waals surface area (Å²) in [5.41, 5.74) is 4.59. The lowest BCUT2D eigenvalue weighted by Gasteiger charge is -2.32. The third kappa shape index (κ3) is 15.0. The number of nitrogens with one attached hydrogen (secondary N) is 5. The van der Waals surface area contributed by atoms with Crippen LogP contribution in [0.25, 0.3) is 22.3 Å². The van der Waals surface area contributed by atoms with Gasteiger partial charge in [-0.15, -0.1) is 0 Å². The molecule has 0 radical (unpaired) electrons. The lowest BCUT2D eigenvalue weighted by atomic mass is 9.99. The molecule has 20 nitrogen and oxygen atoms in total. The molecule has 0 bridgehead atoms. The first-order chi connectivity index (χ1) is 36.9. The van der Waals surface area contributed by atoms with Crippen LogP contribution in [0.4, 0.5) is 0 Å². The van der Waals surface area contributed by atoms with Crippen molar-refractivity contribution in [3.8, 4) is 33.8 Å². The standard InChI is InChI=1S/C57H71N7O13/c1-4-5-6-28-77-44-24-20-39(21-25-44)37-14-12-36(13-15-37)38-16-18-40(19-17-38)51(70)59-45-8-7-27-58-54(73)47-29-42(68)31-63(47)56(75)49(33(2)65)62-53(72)46(26-11-35-9-22-41(67)23-10-35)60-55(74)48-30-43(69)32-64(48)57(76)50(34(3)66)61-52(45)71/h9-10,12-25,33-34,42-43,45-50,65-69H,4-8,11,26-32H2,1-3H3,(H,58,73)(H,59,70)(H,60,74)(H,61,71)(H,62,72)/t33-,34-,42+,43-,45+,46+,47+,48+,49+,50+/m1/s1. The molecule has 0 unspecified atom stereocenters. The van der Waals surface area contributed by atoms with Gasteiger partial charge in [-0.25, -0.2) is 0 Å². The first kappa shape index (κ1) is 57.3. The number of unbranched alkanes of at least 4 members (excludes halogenated alkanes) is 2. The molecule has 3 aliphatic heterocycles. The fourth-order valence-corrected chi connectivity index (χ4v) is 9.87. The Morgan fingerprint density at radius 1 is 0.662 bits per heavy atom. The van der Waals surface area contributed by atoms with Crippen molar-refractivity contribution in [3.05, 3.63) is 108 Å². The quantitative estimate of drug-likeness (QED) is 0.0811. The van der Waals surface area contributed by atoms with E-state index in [1.807, 2.05) is 48.5 Å². The van der Waals surface area contributed by atoms with Crippen LogP contribution in [-0.2, 0) is 35.2 Å². The maximum Gasteiger partial charge on any atom is 0.251 e. The second-order valence-corrected chi connectivity index (χ2v) is 20.2. The molecule has 3 aliphatic rings. The lowest BCUT2D eigenvalue weighted by Crippen LogP contribution is -2.61. The van der Waals surface area contributed by atoms with Gasteiger partial charge in [-0.05, 0) is 110 Å². The van der Waals surface area contributed by atoms with Crippen molar-refractivity contribution in [1.29, 1.82) is 0 Å². The van der Waals surface area contributed by atoms with Gasteiger partial charge in [0.05, 0.1) is 31.0 Å². The van der Waals surface area contributed by atoms with Gasteiger partial charge in [-0.1, -0.05) is 80.4 Å². The molecular weight excluding hydrogens is 991 g/mol. The third-order valence-electron chi connectivity index (χ3n) is 14.3. The number of fused-ring (bicyclic) bond motifs is 2. The number of phenols is 1. The fourth-order valence-electron chi connectivity index (χ4n) is 9.87. The molecule has 0 aliphatic carbocycles. The zero-order valence-electron chi connectivity index (χ0n) is 43.6. The van der Waals surface area contributed by atoms with E-state index >= 15 is 0 Å². The van der Waals surface area contributed by atoms with E-state index in [-0.39, 0.29) is 69.5 Å². The first-order valence-electron chi connectivity index (χ1n) is 26.4. The number of phenolic OH excluding ortho intramolecular Hbond substituents is 1. The van der Waals surface area contributed by atoms with E-state index in [0.717, 1.165) is 57.1 Å². The monoisotopic (exact) mass is 1060 g/mol. The van der Waals surface area contributed by atoms with E-state index < -0.39 is 102 Å². The van der Waals surface area contributed by atoms with Crippen molar-refractivity contribution in [2.75, 3.05) is 26.2 Å². The zero-order valence-corrected chi connectivity index (χ0v) is 43.6. The highest BCUT2D eigenvalue weighted by atomic mass is 16.5. The van der Waals surface area contributed by atoms with Gasteiger partial charge in [0.15, 0.2) is 0 Å². The van der Waals surface area contributed by atoms with E-state index in [9.17, 15) is 59.1 Å². The number of hydrogen-bond acceptors (Lipinski definition) is 13. The van der Waals surface area contributed by atoms with Crippen molar-refractivity contribution in [1.82, 2.24) is 36.4 Å². The number of nitrogens with zero attached hydrogens (tertiary/aromatic N) is 2. The van der Waals surface area contributed by atoms with Crippen LogP contribution in [0.5, 0.6) is 11.5 Å². The highest BCUT2D eigenvalue weighted by molar-refractivity contribution is 6.00. The van der Waals surface area contributed by atoms with Crippen molar-refractivity contribution in [2.45, 2.75) is 139 Å². The second-order valence-electron chi connectivity index (χ2n) is 20.2. The van der Waals surface area contributed by atoms with Gasteiger partial charge >= 0.3 is 0 Å². The maximum absolute atomic E-state index is 14.4. The van der Waals surface area contributed by atoms with Crippen LogP contribution in [0.15, 0.2) is 97.1 Å². The van der Waals surface area contributed by atoms with Gasteiger partial charge in [-0.3, -0.25) is 33.6 Å². The number of amides is 7. The summed E-state index contributed by atoms with van der Waals surface area (Å²) in [5, 5.41) is 66.5. The minimum Gasteiger partial charge on any atom is -0.508 e. The van der Waals surface area contributed by atoms with Gasteiger partial charge < -0.3 is 66.7 Å². The molecule has 412 valence electrons. The number of hydrogen-bond donors (Lipinski definition) is 10. The molecule has 3 heterocycles. The predicted octanol–water partition coefficient (Wildman–Crippen LogP) is 2.08. The number of benzene rings is 4. The summed E-state index contributed by atoms with van der Waals surface area (Å²) in [6.45, 7) is 4.55. The first-order valence-corrected chi connectivity index (χ1v) is 26.4. The Kier molecular flexibility index (Phi) is 19.8. The molecule has 10 N–H and O–H groups in total. The SMILES string of the molecule is CCCCCOc1ccc(-c2ccc(-c3ccc(C(=O)N[C@H]4CCCNC(=O)[C@@H]5C[C@H](O)CN5C(=O)[C@H]([C@@H](C)O)NC(=O)[C@H](CCc5ccc(O)cc5)NC(=O)[C@@H]5C[C@@H](O)CN5C(=O)[C@H]([C@@H](C)O)NC4=O)cc3)cc2)cc1. The molecule has 0 saturated carbocycles. The summed E-state index contributed by atoms with van der Waals surface area (Å²) in [7, 11) is 0. The highest BCUT2D eigenvalue weighted by Crippen LogP contribution is 2.28. The average molecular weight is 1060 g/mol. The van der Waals surface area contributed by atoms with Gasteiger partial charge in [0.1, 0.15) is 47.8 Å². The van der Waals surface area contributed by atoms with E-state index in [4.69, 9.17) is 4.74 Å². The summed E-state index contributed by atoms with van der Waals surface area (Å²) in [5.74, 6) is -5.02. The van der Waals surface area contributed by atoms with E-state index in [0.29, 0.717) is 12.2 Å². The van der Waals surface area contributed by atoms with Crippen LogP contribution in [0.2, 0.25) is 0 Å². The van der Waals surface area contributed by atoms with Crippen LogP contribution in [-0.4, -0.2) is 164 Å². The number of carbonyl (C=O) groups is 7. The highest BCUT2D eigenvalue weighted by Gasteiger charge is 2.46. The van der Waals surface area contributed by atoms with Gasteiger partial charge in [0, 0.05) is 38.0 Å². The summed E-state index contributed by atoms with van der Waals surface area (Å²) in [6.07, 6.45) is -2.65. The number of aliphatic hydroxyl groups is 4. The number of aromatic hydroxyl groups is 1. The Bertz CT molecular complexity index is 2690. The molecule has 77 heavy (non-hydrogen) atoms. The van der Waals surface area contributed by atoms with Crippen LogP contribution < -0.4 is 31.3 Å². The number of carbonyl (C=O) groups excluding carboxylic acids is 7. The lowest BCUT2D eigenvalue weighted by molar-refractivity contribution is -0.145. The minimum atomic E-state index is -1.69. The summed E-state index contributed by atoms with van der Waals surface area (Å²) >= 11 is 0. The third-order valence-corrected chi connectivity index (χ3v) is 14.3. The van der Waals surface area contributed by atoms with Crippen LogP contribution >= 0.6 is 0 Å². The molecule has 10 atom stereocenters. The molecule has 0 aromatic heterocycles. The fraction of sp³-hybridized carbons (Fsp3) is 0.456. The topological polar surface area (TPSA) is 296 Å². The second kappa shape index (κ2) is 26.6. The molecule has 0 spiro atoms. The predicted molar refractivity (Wildman–Crippen MR) is 284 cm³/mol. The number of rotatable bonds is 14. The maximum atomic E-state index is 14.4. The molecule has 7 amide bonds. The Hall–Kier alpha value is -7.39. The molecular formula is C57H71N7O13. The number of ether oxygens (including phenoxy) is 1. The van der Waals surface area contributed by atoms with Crippen LogP contribution in [0, 0.1) is 0 Å². The Morgan fingerprint density at radius 3 is 1.70 bits per heavy atom. The Morgan fingerprint density at radius 2 is 1.17 bits per heavy atom. The smallest absolute Gasteiger partial charge is 0.251 e. The largest absolute Gasteiger partial charge is 0.508 e. The van der Waals surface area contributed by atoms with E-state index in [1.165, 1.54) is 26.0 Å². The number of aliphatic hydroxyl groups excluding tert-OH is 4. The van der Waals surface area contributed by atoms with E-state index in [1.54, 1.807) is 36.4 Å². The van der Waals surface area contributed by atoms with Gasteiger partial charge in [-0.2, -0.15) is 0 Å². The minimum absolute atomic E-state index is 0.00571. The van der Waals surface area contributed by atoms with Gasteiger partial charge in [0.25, 0.3) is 5.91 Å². The van der Waals surface area contributed by atoms with Crippen LogP contribution in [0.3, 0.4) is 0 Å². The molecule has 20 heteroatoms. The molecule has 3 saturated heterocycles. The molecule has 7 rings (SSSR count). The normalized spacial score (nSPS) is 24.8. The summed E-state index contributed by atoms with van der Waals surface area (Å²) < 4.78 is 5.86. The summed E-state index contributed by atoms with van der Waals surface area (Å²) in [6, 6.07) is 19.9.